The van der Waals surface area contributed by atoms with Crippen molar-refractivity contribution in [1.82, 2.24) is 0 Å². The molecule has 3 N–H and O–H groups in total. The van der Waals surface area contributed by atoms with E-state index in [1.165, 1.54) is 14.2 Å². The van der Waals surface area contributed by atoms with Crippen LogP contribution in [0.25, 0.3) is 0 Å². The molecule has 1 aromatic carbocycles. The third-order valence-electron chi connectivity index (χ3n) is 2.77. The van der Waals surface area contributed by atoms with Crippen molar-refractivity contribution in [2.45, 2.75) is 20.3 Å². The molecule has 0 saturated heterocycles. The first-order valence-corrected chi connectivity index (χ1v) is 5.57. The zero-order valence-electron chi connectivity index (χ0n) is 10.9. The first-order chi connectivity index (χ1) is 7.93. The lowest BCUT2D eigenvalue weighted by Gasteiger charge is -2.23. The predicted octanol–water partition coefficient (Wildman–Crippen LogP) is 1.94. The highest BCUT2D eigenvalue weighted by molar-refractivity contribution is 5.52. The Morgan fingerprint density at radius 1 is 1.18 bits per heavy atom. The highest BCUT2D eigenvalue weighted by Crippen LogP contribution is 2.38. The molecule has 4 nitrogen and oxygen atoms in total. The van der Waals surface area contributed by atoms with Crippen molar-refractivity contribution >= 4 is 0 Å². The van der Waals surface area contributed by atoms with Gasteiger partial charge in [-0.05, 0) is 36.1 Å². The summed E-state index contributed by atoms with van der Waals surface area (Å²) in [6.07, 6.45) is 0.802. The average molecular weight is 239 g/mol. The van der Waals surface area contributed by atoms with Crippen molar-refractivity contribution in [1.29, 1.82) is 0 Å². The van der Waals surface area contributed by atoms with E-state index < -0.39 is 0 Å². The number of ether oxygens (including phenoxy) is 2. The standard InChI is InChI=1S/C13H21NO3/c1-13(2,8-14)7-9-5-10(16-3)12(15)11(6-9)17-4/h5-6,15H,7-8,14H2,1-4H3. The highest BCUT2D eigenvalue weighted by Gasteiger charge is 2.19. The van der Waals surface area contributed by atoms with Gasteiger partial charge in [0.2, 0.25) is 5.75 Å². The molecule has 0 aromatic heterocycles. The first-order valence-electron chi connectivity index (χ1n) is 5.57. The van der Waals surface area contributed by atoms with Crippen LogP contribution in [0.3, 0.4) is 0 Å². The van der Waals surface area contributed by atoms with Crippen LogP contribution in [0.4, 0.5) is 0 Å². The average Bonchev–Trinajstić information content (AvgIpc) is 2.30. The Bertz CT molecular complexity index is 363. The van der Waals surface area contributed by atoms with E-state index >= 15 is 0 Å². The number of hydrogen-bond acceptors (Lipinski definition) is 4. The molecule has 17 heavy (non-hydrogen) atoms. The Labute approximate surface area is 102 Å². The van der Waals surface area contributed by atoms with E-state index in [9.17, 15) is 5.11 Å². The molecule has 0 heterocycles. The van der Waals surface area contributed by atoms with E-state index in [2.05, 4.69) is 13.8 Å². The number of nitrogens with two attached hydrogens (primary N) is 1. The van der Waals surface area contributed by atoms with Gasteiger partial charge in [0, 0.05) is 0 Å². The Morgan fingerprint density at radius 3 is 2.00 bits per heavy atom. The SMILES string of the molecule is COc1cc(CC(C)(C)CN)cc(OC)c1O. The Kier molecular flexibility index (Phi) is 4.23. The zero-order valence-corrected chi connectivity index (χ0v) is 10.9. The summed E-state index contributed by atoms with van der Waals surface area (Å²) in [5.41, 5.74) is 6.75. The van der Waals surface area contributed by atoms with Gasteiger partial charge in [-0.2, -0.15) is 0 Å². The van der Waals surface area contributed by atoms with E-state index in [-0.39, 0.29) is 11.2 Å². The van der Waals surface area contributed by atoms with E-state index in [1.54, 1.807) is 0 Å². The maximum absolute atomic E-state index is 9.79. The number of phenolic OH excluding ortho intramolecular Hbond substituents is 1. The van der Waals surface area contributed by atoms with Crippen LogP contribution < -0.4 is 15.2 Å². The molecule has 0 aliphatic heterocycles. The van der Waals surface area contributed by atoms with Crippen molar-refractivity contribution in [3.63, 3.8) is 0 Å². The fourth-order valence-corrected chi connectivity index (χ4v) is 1.67. The smallest absolute Gasteiger partial charge is 0.200 e. The van der Waals surface area contributed by atoms with Gasteiger partial charge in [-0.25, -0.2) is 0 Å². The third-order valence-corrected chi connectivity index (χ3v) is 2.77. The zero-order chi connectivity index (χ0) is 13.1. The summed E-state index contributed by atoms with van der Waals surface area (Å²) in [7, 11) is 3.04. The maximum Gasteiger partial charge on any atom is 0.200 e. The second-order valence-corrected chi connectivity index (χ2v) is 4.89. The van der Waals surface area contributed by atoms with Crippen LogP contribution in [-0.4, -0.2) is 25.9 Å². The summed E-state index contributed by atoms with van der Waals surface area (Å²) < 4.78 is 10.2. The third kappa shape index (κ3) is 3.27. The van der Waals surface area contributed by atoms with Gasteiger partial charge in [0.25, 0.3) is 0 Å². The topological polar surface area (TPSA) is 64.7 Å². The van der Waals surface area contributed by atoms with Crippen molar-refractivity contribution in [2.24, 2.45) is 11.1 Å². The Hall–Kier alpha value is -1.42. The van der Waals surface area contributed by atoms with E-state index in [0.29, 0.717) is 18.0 Å². The monoisotopic (exact) mass is 239 g/mol. The number of methoxy groups -OCH3 is 2. The molecule has 0 amide bonds. The summed E-state index contributed by atoms with van der Waals surface area (Å²) in [4.78, 5) is 0. The van der Waals surface area contributed by atoms with Crippen molar-refractivity contribution in [3.8, 4) is 17.2 Å². The number of benzene rings is 1. The lowest BCUT2D eigenvalue weighted by Crippen LogP contribution is -2.25. The van der Waals surface area contributed by atoms with Crippen LogP contribution in [0.1, 0.15) is 19.4 Å². The van der Waals surface area contributed by atoms with Gasteiger partial charge in [0.1, 0.15) is 0 Å². The summed E-state index contributed by atoms with van der Waals surface area (Å²) in [5.74, 6) is 0.878. The molecule has 0 unspecified atom stereocenters. The van der Waals surface area contributed by atoms with Crippen LogP contribution in [0, 0.1) is 5.41 Å². The van der Waals surface area contributed by atoms with Crippen molar-refractivity contribution < 1.29 is 14.6 Å². The number of aromatic hydroxyl groups is 1. The Morgan fingerprint density at radius 2 is 1.65 bits per heavy atom. The fraction of sp³-hybridized carbons (Fsp3) is 0.538. The molecule has 0 atom stereocenters. The molecule has 0 aliphatic rings. The van der Waals surface area contributed by atoms with E-state index in [4.69, 9.17) is 15.2 Å². The lowest BCUT2D eigenvalue weighted by molar-refractivity contribution is 0.335. The van der Waals surface area contributed by atoms with Crippen LogP contribution in [0.2, 0.25) is 0 Å². The minimum absolute atomic E-state index is 0.00694. The molecule has 4 heteroatoms. The molecule has 96 valence electrons. The second kappa shape index (κ2) is 5.27. The normalized spacial score (nSPS) is 11.4. The molecule has 0 bridgehead atoms. The maximum atomic E-state index is 9.79. The predicted molar refractivity (Wildman–Crippen MR) is 67.8 cm³/mol. The Balaban J connectivity index is 3.09. The van der Waals surface area contributed by atoms with Crippen molar-refractivity contribution in [2.75, 3.05) is 20.8 Å². The molecular weight excluding hydrogens is 218 g/mol. The van der Waals surface area contributed by atoms with E-state index in [1.807, 2.05) is 12.1 Å². The fourth-order valence-electron chi connectivity index (χ4n) is 1.67. The molecule has 1 rings (SSSR count). The molecule has 1 aromatic rings. The highest BCUT2D eigenvalue weighted by atomic mass is 16.5. The lowest BCUT2D eigenvalue weighted by atomic mass is 9.86. The molecule has 0 radical (unpaired) electrons. The van der Waals surface area contributed by atoms with Gasteiger partial charge in [-0.1, -0.05) is 13.8 Å². The summed E-state index contributed by atoms with van der Waals surface area (Å²) in [6.45, 7) is 4.79. The van der Waals surface area contributed by atoms with Crippen LogP contribution in [0.15, 0.2) is 12.1 Å². The minimum Gasteiger partial charge on any atom is -0.502 e. The van der Waals surface area contributed by atoms with Gasteiger partial charge in [0.05, 0.1) is 14.2 Å². The van der Waals surface area contributed by atoms with Gasteiger partial charge in [-0.3, -0.25) is 0 Å². The van der Waals surface area contributed by atoms with Crippen LogP contribution in [0.5, 0.6) is 17.2 Å². The van der Waals surface area contributed by atoms with Gasteiger partial charge in [0.15, 0.2) is 11.5 Å². The quantitative estimate of drug-likeness (QED) is 0.824. The van der Waals surface area contributed by atoms with Gasteiger partial charge >= 0.3 is 0 Å². The molecule has 0 spiro atoms. The second-order valence-electron chi connectivity index (χ2n) is 4.89. The summed E-state index contributed by atoms with van der Waals surface area (Å²) in [6, 6.07) is 3.63. The van der Waals surface area contributed by atoms with Gasteiger partial charge < -0.3 is 20.3 Å². The summed E-state index contributed by atoms with van der Waals surface area (Å²) >= 11 is 0. The van der Waals surface area contributed by atoms with Crippen LogP contribution in [-0.2, 0) is 6.42 Å². The largest absolute Gasteiger partial charge is 0.502 e. The van der Waals surface area contributed by atoms with Crippen molar-refractivity contribution in [3.05, 3.63) is 17.7 Å². The van der Waals surface area contributed by atoms with Crippen LogP contribution >= 0.6 is 0 Å². The molecule has 0 saturated carbocycles. The minimum atomic E-state index is 0.00694. The molecule has 0 fully saturated rings. The molecule has 0 aliphatic carbocycles. The van der Waals surface area contributed by atoms with Gasteiger partial charge in [-0.15, -0.1) is 0 Å². The molecular formula is C13H21NO3. The number of rotatable bonds is 5. The summed E-state index contributed by atoms with van der Waals surface area (Å²) in [5, 5.41) is 9.79. The van der Waals surface area contributed by atoms with E-state index in [0.717, 1.165) is 12.0 Å². The first kappa shape index (κ1) is 13.6. The number of hydrogen-bond donors (Lipinski definition) is 2. The number of phenols is 1.